The van der Waals surface area contributed by atoms with E-state index in [4.69, 9.17) is 4.74 Å². The first-order valence-electron chi connectivity index (χ1n) is 9.27. The number of carbonyl (C=O) groups is 2. The predicted octanol–water partition coefficient (Wildman–Crippen LogP) is 2.29. The maximum atomic E-state index is 12.9. The van der Waals surface area contributed by atoms with Crippen molar-refractivity contribution in [3.05, 3.63) is 40.8 Å². The van der Waals surface area contributed by atoms with E-state index in [9.17, 15) is 26.8 Å². The summed E-state index contributed by atoms with van der Waals surface area (Å²) in [7, 11) is -1.40. The molecule has 0 N–H and O–H groups in total. The molecule has 9 nitrogen and oxygen atoms in total. The molecule has 1 aromatic carbocycles. The second kappa shape index (κ2) is 9.79. The van der Waals surface area contributed by atoms with E-state index in [1.807, 2.05) is 0 Å². The predicted molar refractivity (Wildman–Crippen MR) is 110 cm³/mol. The van der Waals surface area contributed by atoms with Gasteiger partial charge in [0.05, 0.1) is 25.3 Å². The summed E-state index contributed by atoms with van der Waals surface area (Å²) in [4.78, 5) is 25.9. The maximum absolute atomic E-state index is 12.9. The van der Waals surface area contributed by atoms with Crippen LogP contribution < -0.4 is 9.47 Å². The van der Waals surface area contributed by atoms with Crippen LogP contribution in [0.5, 0.6) is 11.5 Å². The number of halogens is 2. The summed E-state index contributed by atoms with van der Waals surface area (Å²) in [5, 5.41) is 1.39. The van der Waals surface area contributed by atoms with Crippen LogP contribution >= 0.6 is 11.3 Å². The van der Waals surface area contributed by atoms with Crippen LogP contribution in [0.2, 0.25) is 0 Å². The lowest BCUT2D eigenvalue weighted by molar-refractivity contribution is -0.0517. The highest BCUT2D eigenvalue weighted by Crippen LogP contribution is 2.33. The van der Waals surface area contributed by atoms with Gasteiger partial charge in [-0.15, -0.1) is 11.3 Å². The molecule has 2 aromatic rings. The maximum Gasteiger partial charge on any atom is 0.387 e. The number of ether oxygens (including phenoxy) is 3. The molecule has 0 saturated carbocycles. The fraction of sp³-hybridized carbons (Fsp3) is 0.368. The lowest BCUT2D eigenvalue weighted by atomic mass is 10.1. The quantitative estimate of drug-likeness (QED) is 0.549. The van der Waals surface area contributed by atoms with Crippen molar-refractivity contribution >= 4 is 33.2 Å². The molecular weight excluding hydrogens is 470 g/mol. The summed E-state index contributed by atoms with van der Waals surface area (Å²) in [6.07, 6.45) is 0. The van der Waals surface area contributed by atoms with E-state index in [-0.39, 0.29) is 53.0 Å². The Morgan fingerprint density at radius 3 is 2.41 bits per heavy atom. The first kappa shape index (κ1) is 23.9. The molecular formula is C19H20F2N2O7S2. The SMILES string of the molecule is COC(=O)c1csc(S(=O)(=O)N2CCN(C(=O)c3cccc(OC)c3OC(F)F)CC2)c1. The minimum absolute atomic E-state index is 0.00542. The van der Waals surface area contributed by atoms with Crippen LogP contribution in [-0.4, -0.2) is 76.5 Å². The van der Waals surface area contributed by atoms with Crippen molar-refractivity contribution in [2.45, 2.75) is 10.8 Å². The van der Waals surface area contributed by atoms with E-state index in [0.717, 1.165) is 11.3 Å². The van der Waals surface area contributed by atoms with Gasteiger partial charge in [0.1, 0.15) is 4.21 Å². The number of piperazine rings is 1. The van der Waals surface area contributed by atoms with Crippen LogP contribution in [0.3, 0.4) is 0 Å². The number of benzene rings is 1. The number of thiophene rings is 1. The van der Waals surface area contributed by atoms with E-state index >= 15 is 0 Å². The molecule has 0 aliphatic carbocycles. The van der Waals surface area contributed by atoms with Gasteiger partial charge in [-0.3, -0.25) is 4.79 Å². The lowest BCUT2D eigenvalue weighted by Crippen LogP contribution is -2.50. The van der Waals surface area contributed by atoms with Crippen molar-refractivity contribution < 1.29 is 41.0 Å². The third kappa shape index (κ3) is 4.84. The monoisotopic (exact) mass is 490 g/mol. The van der Waals surface area contributed by atoms with Gasteiger partial charge in [-0.2, -0.15) is 13.1 Å². The van der Waals surface area contributed by atoms with E-state index in [1.54, 1.807) is 0 Å². The Morgan fingerprint density at radius 1 is 1.12 bits per heavy atom. The Balaban J connectivity index is 1.74. The highest BCUT2D eigenvalue weighted by molar-refractivity contribution is 7.91. The Morgan fingerprint density at radius 2 is 1.81 bits per heavy atom. The zero-order chi connectivity index (χ0) is 23.5. The van der Waals surface area contributed by atoms with Crippen molar-refractivity contribution in [2.75, 3.05) is 40.4 Å². The molecule has 1 amide bonds. The van der Waals surface area contributed by atoms with Crippen LogP contribution in [0.25, 0.3) is 0 Å². The highest BCUT2D eigenvalue weighted by Gasteiger charge is 2.33. The largest absolute Gasteiger partial charge is 0.493 e. The Kier molecular flexibility index (Phi) is 7.31. The van der Waals surface area contributed by atoms with Crippen LogP contribution in [0, 0.1) is 0 Å². The number of alkyl halides is 2. The highest BCUT2D eigenvalue weighted by atomic mass is 32.2. The summed E-state index contributed by atoms with van der Waals surface area (Å²) in [6.45, 7) is -3.08. The number of hydrogen-bond acceptors (Lipinski definition) is 8. The second-order valence-electron chi connectivity index (χ2n) is 6.56. The molecule has 32 heavy (non-hydrogen) atoms. The number of nitrogens with zero attached hydrogens (tertiary/aromatic N) is 2. The van der Waals surface area contributed by atoms with Gasteiger partial charge in [0, 0.05) is 31.6 Å². The number of hydrogen-bond donors (Lipinski definition) is 0. The van der Waals surface area contributed by atoms with E-state index in [2.05, 4.69) is 9.47 Å². The summed E-state index contributed by atoms with van der Waals surface area (Å²) in [5.41, 5.74) is 0.0245. The zero-order valence-electron chi connectivity index (χ0n) is 17.1. The van der Waals surface area contributed by atoms with Gasteiger partial charge in [-0.1, -0.05) is 6.07 Å². The number of sulfonamides is 1. The molecule has 1 aliphatic rings. The van der Waals surface area contributed by atoms with Crippen LogP contribution in [0.4, 0.5) is 8.78 Å². The van der Waals surface area contributed by atoms with Crippen LogP contribution in [0.15, 0.2) is 33.9 Å². The fourth-order valence-electron chi connectivity index (χ4n) is 3.16. The molecule has 2 heterocycles. The minimum Gasteiger partial charge on any atom is -0.493 e. The van der Waals surface area contributed by atoms with Gasteiger partial charge in [0.2, 0.25) is 0 Å². The van der Waals surface area contributed by atoms with Crippen molar-refractivity contribution in [3.63, 3.8) is 0 Å². The number of carbonyl (C=O) groups excluding carboxylic acids is 2. The van der Waals surface area contributed by atoms with Gasteiger partial charge in [-0.25, -0.2) is 13.2 Å². The summed E-state index contributed by atoms with van der Waals surface area (Å²) >= 11 is 0.897. The molecule has 0 unspecified atom stereocenters. The molecule has 0 atom stereocenters. The first-order valence-corrected chi connectivity index (χ1v) is 11.6. The lowest BCUT2D eigenvalue weighted by Gasteiger charge is -2.34. The van der Waals surface area contributed by atoms with Crippen LogP contribution in [0.1, 0.15) is 20.7 Å². The molecule has 13 heteroatoms. The fourth-order valence-corrected chi connectivity index (χ4v) is 5.89. The molecule has 0 spiro atoms. The molecule has 0 bridgehead atoms. The minimum atomic E-state index is -3.87. The number of rotatable bonds is 7. The van der Waals surface area contributed by atoms with Gasteiger partial charge >= 0.3 is 12.6 Å². The standard InChI is InChI=1S/C19H20F2N2O7S2/c1-28-14-5-3-4-13(16(14)30-19(20)21)17(24)22-6-8-23(9-7-22)32(26,27)15-10-12(11-31-15)18(25)29-2/h3-5,10-11,19H,6-9H2,1-2H3. The summed E-state index contributed by atoms with van der Waals surface area (Å²) in [5.74, 6) is -1.62. The third-order valence-corrected chi connectivity index (χ3v) is 8.07. The topological polar surface area (TPSA) is 102 Å². The molecule has 1 saturated heterocycles. The van der Waals surface area contributed by atoms with Crippen molar-refractivity contribution in [1.82, 2.24) is 9.21 Å². The van der Waals surface area contributed by atoms with E-state index in [0.29, 0.717) is 0 Å². The van der Waals surface area contributed by atoms with Gasteiger partial charge in [0.15, 0.2) is 11.5 Å². The number of methoxy groups -OCH3 is 2. The molecule has 1 aromatic heterocycles. The third-order valence-electron chi connectivity index (χ3n) is 4.75. The van der Waals surface area contributed by atoms with E-state index < -0.39 is 28.5 Å². The smallest absolute Gasteiger partial charge is 0.387 e. The Bertz CT molecular complexity index is 1100. The number of amides is 1. The van der Waals surface area contributed by atoms with Gasteiger partial charge in [-0.05, 0) is 18.2 Å². The van der Waals surface area contributed by atoms with Crippen molar-refractivity contribution in [3.8, 4) is 11.5 Å². The number of esters is 1. The molecule has 174 valence electrons. The van der Waals surface area contributed by atoms with Crippen molar-refractivity contribution in [2.24, 2.45) is 0 Å². The van der Waals surface area contributed by atoms with Gasteiger partial charge in [0.25, 0.3) is 15.9 Å². The average molecular weight is 491 g/mol. The summed E-state index contributed by atoms with van der Waals surface area (Å²) < 4.78 is 66.7. The number of para-hydroxylation sites is 1. The first-order chi connectivity index (χ1) is 15.2. The second-order valence-corrected chi connectivity index (χ2v) is 9.63. The molecule has 0 radical (unpaired) electrons. The Hall–Kier alpha value is -2.77. The molecule has 1 aliphatic heterocycles. The average Bonchev–Trinajstić information content (AvgIpc) is 3.29. The van der Waals surface area contributed by atoms with Gasteiger partial charge < -0.3 is 19.1 Å². The summed E-state index contributed by atoms with van der Waals surface area (Å²) in [6, 6.07) is 5.45. The van der Waals surface area contributed by atoms with E-state index in [1.165, 1.54) is 53.1 Å². The van der Waals surface area contributed by atoms with Crippen LogP contribution in [-0.2, 0) is 14.8 Å². The molecule has 1 fully saturated rings. The molecule has 3 rings (SSSR count). The van der Waals surface area contributed by atoms with Crippen molar-refractivity contribution in [1.29, 1.82) is 0 Å². The Labute approximate surface area is 187 Å². The normalized spacial score (nSPS) is 15.0. The zero-order valence-corrected chi connectivity index (χ0v) is 18.8.